The molecule has 1 aromatic heterocycles. The van der Waals surface area contributed by atoms with Gasteiger partial charge in [0.15, 0.2) is 0 Å². The van der Waals surface area contributed by atoms with Gasteiger partial charge in [-0.15, -0.1) is 0 Å². The van der Waals surface area contributed by atoms with Crippen LogP contribution in [0.1, 0.15) is 35.3 Å². The first-order valence-electron chi connectivity index (χ1n) is 9.77. The van der Waals surface area contributed by atoms with Gasteiger partial charge in [-0.2, -0.15) is 0 Å². The van der Waals surface area contributed by atoms with Gasteiger partial charge in [0.25, 0.3) is 5.91 Å². The summed E-state index contributed by atoms with van der Waals surface area (Å²) < 4.78 is 5.81. The molecule has 0 saturated heterocycles. The molecule has 0 bridgehead atoms. The molecule has 3 rings (SSSR count). The summed E-state index contributed by atoms with van der Waals surface area (Å²) >= 11 is 0. The Labute approximate surface area is 172 Å². The molecule has 0 saturated carbocycles. The standard InChI is InChI=1S/C24H27N3O2/c1-18(2)27(3)17-20-11-8-7-10-19(20)16-26-23(28)22-14-9-15-25-24(22)29-21-12-5-4-6-13-21/h4-15,18H,16-17H2,1-3H3,(H,26,28). The van der Waals surface area contributed by atoms with E-state index in [2.05, 4.69) is 48.2 Å². The number of ether oxygens (including phenoxy) is 1. The normalized spacial score (nSPS) is 10.9. The molecular formula is C24H27N3O2. The van der Waals surface area contributed by atoms with Gasteiger partial charge in [-0.3, -0.25) is 9.69 Å². The summed E-state index contributed by atoms with van der Waals surface area (Å²) in [5.41, 5.74) is 2.71. The molecule has 0 atom stereocenters. The topological polar surface area (TPSA) is 54.5 Å². The first kappa shape index (κ1) is 20.6. The number of nitrogens with zero attached hydrogens (tertiary/aromatic N) is 2. The van der Waals surface area contributed by atoms with Crippen molar-refractivity contribution in [2.75, 3.05) is 7.05 Å². The van der Waals surface area contributed by atoms with E-state index in [1.807, 2.05) is 42.5 Å². The molecular weight excluding hydrogens is 362 g/mol. The van der Waals surface area contributed by atoms with E-state index < -0.39 is 0 Å². The molecule has 0 aliphatic carbocycles. The van der Waals surface area contributed by atoms with E-state index in [-0.39, 0.29) is 5.91 Å². The number of aromatic nitrogens is 1. The van der Waals surface area contributed by atoms with Gasteiger partial charge in [-0.1, -0.05) is 42.5 Å². The number of carbonyl (C=O) groups is 1. The van der Waals surface area contributed by atoms with Crippen LogP contribution in [0.15, 0.2) is 72.9 Å². The summed E-state index contributed by atoms with van der Waals surface area (Å²) in [6, 6.07) is 21.4. The van der Waals surface area contributed by atoms with E-state index in [1.54, 1.807) is 18.3 Å². The van der Waals surface area contributed by atoms with Gasteiger partial charge < -0.3 is 10.1 Å². The Hall–Kier alpha value is -3.18. The minimum atomic E-state index is -0.212. The van der Waals surface area contributed by atoms with Crippen LogP contribution in [0.25, 0.3) is 0 Å². The van der Waals surface area contributed by atoms with Crippen LogP contribution in [-0.2, 0) is 13.1 Å². The van der Waals surface area contributed by atoms with Crippen molar-refractivity contribution in [1.82, 2.24) is 15.2 Å². The summed E-state index contributed by atoms with van der Waals surface area (Å²) in [5, 5.41) is 3.01. The second-order valence-electron chi connectivity index (χ2n) is 7.23. The third-order valence-electron chi connectivity index (χ3n) is 4.83. The van der Waals surface area contributed by atoms with Crippen molar-refractivity contribution in [3.8, 4) is 11.6 Å². The molecule has 5 heteroatoms. The number of hydrogen-bond acceptors (Lipinski definition) is 4. The molecule has 2 aromatic carbocycles. The van der Waals surface area contributed by atoms with E-state index in [0.29, 0.717) is 29.8 Å². The Bertz CT molecular complexity index is 942. The van der Waals surface area contributed by atoms with Crippen LogP contribution in [0, 0.1) is 0 Å². The van der Waals surface area contributed by atoms with E-state index in [0.717, 1.165) is 12.1 Å². The Morgan fingerprint density at radius 3 is 2.41 bits per heavy atom. The molecule has 5 nitrogen and oxygen atoms in total. The minimum absolute atomic E-state index is 0.212. The van der Waals surface area contributed by atoms with Crippen molar-refractivity contribution in [1.29, 1.82) is 0 Å². The van der Waals surface area contributed by atoms with Crippen LogP contribution < -0.4 is 10.1 Å². The van der Waals surface area contributed by atoms with Gasteiger partial charge in [-0.25, -0.2) is 4.98 Å². The number of pyridine rings is 1. The highest BCUT2D eigenvalue weighted by Crippen LogP contribution is 2.22. The third kappa shape index (κ3) is 5.65. The first-order chi connectivity index (χ1) is 14.0. The van der Waals surface area contributed by atoms with Crippen LogP contribution in [-0.4, -0.2) is 28.9 Å². The molecule has 0 aliphatic heterocycles. The Kier molecular flexibility index (Phi) is 6.98. The number of carbonyl (C=O) groups excluding carboxylic acids is 1. The lowest BCUT2D eigenvalue weighted by Gasteiger charge is -2.22. The maximum atomic E-state index is 12.8. The van der Waals surface area contributed by atoms with Crippen molar-refractivity contribution in [2.45, 2.75) is 33.0 Å². The molecule has 3 aromatic rings. The zero-order valence-corrected chi connectivity index (χ0v) is 17.1. The minimum Gasteiger partial charge on any atom is -0.438 e. The lowest BCUT2D eigenvalue weighted by atomic mass is 10.1. The second-order valence-corrected chi connectivity index (χ2v) is 7.23. The van der Waals surface area contributed by atoms with Gasteiger partial charge in [0.05, 0.1) is 0 Å². The number of rotatable bonds is 8. The van der Waals surface area contributed by atoms with Crippen LogP contribution >= 0.6 is 0 Å². The van der Waals surface area contributed by atoms with Gasteiger partial charge in [0.2, 0.25) is 5.88 Å². The Morgan fingerprint density at radius 2 is 1.69 bits per heavy atom. The zero-order valence-electron chi connectivity index (χ0n) is 17.1. The molecule has 0 radical (unpaired) electrons. The molecule has 0 unspecified atom stereocenters. The van der Waals surface area contributed by atoms with Crippen LogP contribution in [0.3, 0.4) is 0 Å². The molecule has 29 heavy (non-hydrogen) atoms. The summed E-state index contributed by atoms with van der Waals surface area (Å²) in [6.07, 6.45) is 1.62. The van der Waals surface area contributed by atoms with Crippen molar-refractivity contribution in [2.24, 2.45) is 0 Å². The highest BCUT2D eigenvalue weighted by Gasteiger charge is 2.15. The van der Waals surface area contributed by atoms with Crippen LogP contribution in [0.4, 0.5) is 0 Å². The fraction of sp³-hybridized carbons (Fsp3) is 0.250. The maximum Gasteiger partial charge on any atom is 0.257 e. The Balaban J connectivity index is 1.71. The summed E-state index contributed by atoms with van der Waals surface area (Å²) in [6.45, 7) is 5.61. The molecule has 1 amide bonds. The first-order valence-corrected chi connectivity index (χ1v) is 9.77. The molecule has 0 aliphatic rings. The van der Waals surface area contributed by atoms with Crippen molar-refractivity contribution in [3.63, 3.8) is 0 Å². The smallest absolute Gasteiger partial charge is 0.257 e. The molecule has 0 spiro atoms. The monoisotopic (exact) mass is 389 g/mol. The highest BCUT2D eigenvalue weighted by atomic mass is 16.5. The highest BCUT2D eigenvalue weighted by molar-refractivity contribution is 5.96. The molecule has 1 N–H and O–H groups in total. The number of amides is 1. The van der Waals surface area contributed by atoms with Crippen molar-refractivity contribution >= 4 is 5.91 Å². The molecule has 150 valence electrons. The Morgan fingerprint density at radius 1 is 1.00 bits per heavy atom. The predicted molar refractivity (Wildman–Crippen MR) is 115 cm³/mol. The number of para-hydroxylation sites is 1. The van der Waals surface area contributed by atoms with Crippen LogP contribution in [0.2, 0.25) is 0 Å². The largest absolute Gasteiger partial charge is 0.438 e. The number of nitrogens with one attached hydrogen (secondary N) is 1. The lowest BCUT2D eigenvalue weighted by molar-refractivity contribution is 0.0947. The zero-order chi connectivity index (χ0) is 20.6. The predicted octanol–water partition coefficient (Wildman–Crippen LogP) is 4.64. The maximum absolute atomic E-state index is 12.8. The van der Waals surface area contributed by atoms with E-state index in [9.17, 15) is 4.79 Å². The van der Waals surface area contributed by atoms with Gasteiger partial charge in [0.1, 0.15) is 11.3 Å². The quantitative estimate of drug-likeness (QED) is 0.610. The fourth-order valence-corrected chi connectivity index (χ4v) is 2.85. The number of hydrogen-bond donors (Lipinski definition) is 1. The number of benzene rings is 2. The van der Waals surface area contributed by atoms with E-state index >= 15 is 0 Å². The van der Waals surface area contributed by atoms with Crippen molar-refractivity contribution in [3.05, 3.63) is 89.6 Å². The van der Waals surface area contributed by atoms with Crippen LogP contribution in [0.5, 0.6) is 11.6 Å². The van der Waals surface area contributed by atoms with Gasteiger partial charge in [0, 0.05) is 25.3 Å². The average Bonchev–Trinajstić information content (AvgIpc) is 2.74. The van der Waals surface area contributed by atoms with Gasteiger partial charge in [-0.05, 0) is 56.3 Å². The second kappa shape index (κ2) is 9.85. The van der Waals surface area contributed by atoms with E-state index in [1.165, 1.54) is 5.56 Å². The third-order valence-corrected chi connectivity index (χ3v) is 4.83. The fourth-order valence-electron chi connectivity index (χ4n) is 2.85. The summed E-state index contributed by atoms with van der Waals surface area (Å²) in [5.74, 6) is 0.724. The lowest BCUT2D eigenvalue weighted by Crippen LogP contribution is -2.28. The molecule has 1 heterocycles. The summed E-state index contributed by atoms with van der Waals surface area (Å²) in [7, 11) is 2.10. The molecule has 0 fully saturated rings. The SMILES string of the molecule is CC(C)N(C)Cc1ccccc1CNC(=O)c1cccnc1Oc1ccccc1. The average molecular weight is 389 g/mol. The van der Waals surface area contributed by atoms with Gasteiger partial charge >= 0.3 is 0 Å². The van der Waals surface area contributed by atoms with E-state index in [4.69, 9.17) is 4.74 Å². The summed E-state index contributed by atoms with van der Waals surface area (Å²) in [4.78, 5) is 19.3. The van der Waals surface area contributed by atoms with Crippen molar-refractivity contribution < 1.29 is 9.53 Å².